The molecule has 2 N–H and O–H groups in total. The molecule has 1 aromatic carbocycles. The van der Waals surface area contributed by atoms with Crippen LogP contribution in [0.2, 0.25) is 0 Å². The largest absolute Gasteiger partial charge is 0.320 e. The molecule has 0 radical (unpaired) electrons. The third-order valence-electron chi connectivity index (χ3n) is 3.82. The molecule has 0 saturated heterocycles. The molecule has 0 unspecified atom stereocenters. The van der Waals surface area contributed by atoms with Gasteiger partial charge in [0, 0.05) is 18.7 Å². The Kier molecular flexibility index (Phi) is 8.04. The van der Waals surface area contributed by atoms with Crippen LogP contribution in [0.4, 0.5) is 4.39 Å². The van der Waals surface area contributed by atoms with Crippen molar-refractivity contribution in [1.29, 1.82) is 0 Å². The minimum atomic E-state index is -0.229. The molecule has 0 atom stereocenters. The fourth-order valence-electron chi connectivity index (χ4n) is 2.44. The highest BCUT2D eigenvalue weighted by molar-refractivity contribution is 5.38. The standard InChI is InChI=1S/C18H27FN2/c1-4-15(5-2)13-21(6-3)14-17-10-16(8-7-9-20)11-18(19)12-17/h10-12,15H,4-6,9,13-14,20H2,1-3H3. The Hall–Kier alpha value is -1.37. The van der Waals surface area contributed by atoms with Crippen molar-refractivity contribution in [2.45, 2.75) is 40.2 Å². The lowest BCUT2D eigenvalue weighted by atomic mass is 10.0. The second-order valence-corrected chi connectivity index (χ2v) is 5.36. The second kappa shape index (κ2) is 9.55. The lowest BCUT2D eigenvalue weighted by Crippen LogP contribution is -2.28. The summed E-state index contributed by atoms with van der Waals surface area (Å²) >= 11 is 0. The van der Waals surface area contributed by atoms with Gasteiger partial charge in [-0.2, -0.15) is 0 Å². The molecule has 1 aromatic rings. The van der Waals surface area contributed by atoms with Gasteiger partial charge in [-0.15, -0.1) is 0 Å². The molecule has 0 saturated carbocycles. The van der Waals surface area contributed by atoms with Crippen LogP contribution in [0.25, 0.3) is 0 Å². The van der Waals surface area contributed by atoms with Crippen LogP contribution < -0.4 is 5.73 Å². The van der Waals surface area contributed by atoms with Crippen molar-refractivity contribution in [3.63, 3.8) is 0 Å². The SMILES string of the molecule is CCC(CC)CN(CC)Cc1cc(F)cc(C#CCN)c1. The fourth-order valence-corrected chi connectivity index (χ4v) is 2.44. The lowest BCUT2D eigenvalue weighted by Gasteiger charge is -2.25. The molecule has 2 nitrogen and oxygen atoms in total. The first-order chi connectivity index (χ1) is 10.1. The van der Waals surface area contributed by atoms with Crippen LogP contribution in [0, 0.1) is 23.6 Å². The zero-order valence-electron chi connectivity index (χ0n) is 13.5. The van der Waals surface area contributed by atoms with Gasteiger partial charge in [-0.1, -0.05) is 45.5 Å². The molecule has 3 heteroatoms. The minimum Gasteiger partial charge on any atom is -0.320 e. The summed E-state index contributed by atoms with van der Waals surface area (Å²) in [6.07, 6.45) is 2.37. The van der Waals surface area contributed by atoms with Crippen LogP contribution in [0.3, 0.4) is 0 Å². The van der Waals surface area contributed by atoms with Crippen molar-refractivity contribution >= 4 is 0 Å². The van der Waals surface area contributed by atoms with E-state index in [0.29, 0.717) is 18.0 Å². The van der Waals surface area contributed by atoms with E-state index in [0.717, 1.165) is 25.2 Å². The van der Waals surface area contributed by atoms with Crippen LogP contribution in [0.15, 0.2) is 18.2 Å². The summed E-state index contributed by atoms with van der Waals surface area (Å²) in [4.78, 5) is 2.37. The number of halogens is 1. The van der Waals surface area contributed by atoms with Crippen LogP contribution in [-0.2, 0) is 6.54 Å². The summed E-state index contributed by atoms with van der Waals surface area (Å²) in [6, 6.07) is 5.02. The van der Waals surface area contributed by atoms with Gasteiger partial charge < -0.3 is 5.73 Å². The van der Waals surface area contributed by atoms with Crippen molar-refractivity contribution < 1.29 is 4.39 Å². The first-order valence-corrected chi connectivity index (χ1v) is 7.83. The van der Waals surface area contributed by atoms with Crippen molar-refractivity contribution in [3.8, 4) is 11.8 Å². The maximum atomic E-state index is 13.7. The summed E-state index contributed by atoms with van der Waals surface area (Å²) in [5.41, 5.74) is 7.04. The molecule has 0 amide bonds. The first kappa shape index (κ1) is 17.7. The maximum absolute atomic E-state index is 13.7. The Bertz CT molecular complexity index is 484. The zero-order valence-corrected chi connectivity index (χ0v) is 13.5. The second-order valence-electron chi connectivity index (χ2n) is 5.36. The van der Waals surface area contributed by atoms with E-state index >= 15 is 0 Å². The fraction of sp³-hybridized carbons (Fsp3) is 0.556. The molecule has 21 heavy (non-hydrogen) atoms. The summed E-state index contributed by atoms with van der Waals surface area (Å²) in [5.74, 6) is 6.16. The molecule has 0 fully saturated rings. The van der Waals surface area contributed by atoms with E-state index in [1.54, 1.807) is 6.07 Å². The van der Waals surface area contributed by atoms with Gasteiger partial charge in [0.05, 0.1) is 6.54 Å². The number of rotatable bonds is 7. The average molecular weight is 290 g/mol. The number of nitrogens with two attached hydrogens (primary N) is 1. The Balaban J connectivity index is 2.81. The lowest BCUT2D eigenvalue weighted by molar-refractivity contribution is 0.226. The quantitative estimate of drug-likeness (QED) is 0.780. The smallest absolute Gasteiger partial charge is 0.124 e. The minimum absolute atomic E-state index is 0.229. The van der Waals surface area contributed by atoms with E-state index in [-0.39, 0.29) is 5.82 Å². The molecule has 0 bridgehead atoms. The number of hydrogen-bond donors (Lipinski definition) is 1. The van der Waals surface area contributed by atoms with E-state index in [1.807, 2.05) is 6.07 Å². The van der Waals surface area contributed by atoms with Crippen LogP contribution >= 0.6 is 0 Å². The molecule has 0 aliphatic rings. The van der Waals surface area contributed by atoms with Gasteiger partial charge in [-0.3, -0.25) is 4.90 Å². The third-order valence-corrected chi connectivity index (χ3v) is 3.82. The predicted octanol–water partition coefficient (Wildman–Crippen LogP) is 3.39. The number of nitrogens with zero attached hydrogens (tertiary/aromatic N) is 1. The summed E-state index contributed by atoms with van der Waals surface area (Å²) < 4.78 is 13.7. The first-order valence-electron chi connectivity index (χ1n) is 7.83. The number of hydrogen-bond acceptors (Lipinski definition) is 2. The monoisotopic (exact) mass is 290 g/mol. The molecule has 0 aliphatic heterocycles. The van der Waals surface area contributed by atoms with Gasteiger partial charge >= 0.3 is 0 Å². The zero-order chi connectivity index (χ0) is 15.7. The molecular weight excluding hydrogens is 263 g/mol. The Labute approximate surface area is 128 Å². The number of benzene rings is 1. The van der Waals surface area contributed by atoms with Crippen LogP contribution in [0.1, 0.15) is 44.7 Å². The van der Waals surface area contributed by atoms with E-state index in [2.05, 4.69) is 37.5 Å². The Morgan fingerprint density at radius 2 is 1.90 bits per heavy atom. The van der Waals surface area contributed by atoms with Gasteiger partial charge in [0.25, 0.3) is 0 Å². The van der Waals surface area contributed by atoms with Crippen molar-refractivity contribution in [3.05, 3.63) is 35.1 Å². The highest BCUT2D eigenvalue weighted by Gasteiger charge is 2.11. The van der Waals surface area contributed by atoms with Gasteiger partial charge in [0.1, 0.15) is 5.82 Å². The molecule has 1 rings (SSSR count). The molecule has 0 heterocycles. The van der Waals surface area contributed by atoms with E-state index in [9.17, 15) is 4.39 Å². The molecule has 0 spiro atoms. The van der Waals surface area contributed by atoms with Gasteiger partial charge in [-0.25, -0.2) is 4.39 Å². The van der Waals surface area contributed by atoms with Gasteiger partial charge in [0.2, 0.25) is 0 Å². The Morgan fingerprint density at radius 1 is 1.19 bits per heavy atom. The highest BCUT2D eigenvalue weighted by atomic mass is 19.1. The van der Waals surface area contributed by atoms with E-state index < -0.39 is 0 Å². The van der Waals surface area contributed by atoms with Crippen molar-refractivity contribution in [1.82, 2.24) is 4.90 Å². The van der Waals surface area contributed by atoms with Crippen molar-refractivity contribution in [2.75, 3.05) is 19.6 Å². The molecule has 0 aromatic heterocycles. The maximum Gasteiger partial charge on any atom is 0.124 e. The normalized spacial score (nSPS) is 10.8. The molecule has 116 valence electrons. The third kappa shape index (κ3) is 6.29. The van der Waals surface area contributed by atoms with Crippen molar-refractivity contribution in [2.24, 2.45) is 11.7 Å². The van der Waals surface area contributed by atoms with E-state index in [1.165, 1.54) is 18.9 Å². The summed E-state index contributed by atoms with van der Waals surface area (Å²) in [6.45, 7) is 9.69. The van der Waals surface area contributed by atoms with Gasteiger partial charge in [-0.05, 0) is 36.2 Å². The Morgan fingerprint density at radius 3 is 2.48 bits per heavy atom. The van der Waals surface area contributed by atoms with Gasteiger partial charge in [0.15, 0.2) is 0 Å². The summed E-state index contributed by atoms with van der Waals surface area (Å²) in [5, 5.41) is 0. The predicted molar refractivity (Wildman–Crippen MR) is 87.4 cm³/mol. The van der Waals surface area contributed by atoms with Crippen LogP contribution in [-0.4, -0.2) is 24.5 Å². The summed E-state index contributed by atoms with van der Waals surface area (Å²) in [7, 11) is 0. The highest BCUT2D eigenvalue weighted by Crippen LogP contribution is 2.15. The molecular formula is C18H27FN2. The average Bonchev–Trinajstić information content (AvgIpc) is 2.48. The topological polar surface area (TPSA) is 29.3 Å². The van der Waals surface area contributed by atoms with E-state index in [4.69, 9.17) is 5.73 Å². The van der Waals surface area contributed by atoms with Crippen LogP contribution in [0.5, 0.6) is 0 Å². The molecule has 0 aliphatic carbocycles.